The molecule has 0 saturated heterocycles. The summed E-state index contributed by atoms with van der Waals surface area (Å²) < 4.78 is 5.42. The van der Waals surface area contributed by atoms with E-state index in [1.807, 2.05) is 13.1 Å². The Morgan fingerprint density at radius 1 is 1.26 bits per heavy atom. The van der Waals surface area contributed by atoms with Gasteiger partial charge in [-0.1, -0.05) is 26.7 Å². The van der Waals surface area contributed by atoms with Gasteiger partial charge in [0.25, 0.3) is 0 Å². The van der Waals surface area contributed by atoms with Crippen molar-refractivity contribution in [3.63, 3.8) is 0 Å². The predicted molar refractivity (Wildman–Crippen MR) is 80.7 cm³/mol. The highest BCUT2D eigenvalue weighted by atomic mass is 16.5. The molecule has 0 aliphatic heterocycles. The fourth-order valence-corrected chi connectivity index (χ4v) is 2.26. The molecular formula is C16H28N2O. The molecule has 0 radical (unpaired) electrons. The number of unbranched alkanes of at least 4 members (excludes halogenated alkanes) is 1. The Morgan fingerprint density at radius 2 is 2.00 bits per heavy atom. The molecule has 1 aromatic rings. The molecule has 0 amide bonds. The Bertz CT molecular complexity index is 389. The first-order valence-electron chi connectivity index (χ1n) is 7.26. The van der Waals surface area contributed by atoms with Crippen LogP contribution < -0.4 is 10.1 Å². The molecule has 19 heavy (non-hydrogen) atoms. The summed E-state index contributed by atoms with van der Waals surface area (Å²) in [5.74, 6) is 1.77. The molecule has 0 spiro atoms. The maximum Gasteiger partial charge on any atom is 0.128 e. The fourth-order valence-electron chi connectivity index (χ4n) is 2.26. The molecule has 0 atom stereocenters. The Morgan fingerprint density at radius 3 is 2.63 bits per heavy atom. The van der Waals surface area contributed by atoms with Crippen LogP contribution in [0.15, 0.2) is 6.20 Å². The van der Waals surface area contributed by atoms with Gasteiger partial charge in [-0.05, 0) is 32.7 Å². The highest BCUT2D eigenvalue weighted by Crippen LogP contribution is 2.23. The molecule has 0 aliphatic carbocycles. The first-order valence-corrected chi connectivity index (χ1v) is 7.26. The number of nitrogens with one attached hydrogen (secondary N) is 1. The zero-order valence-electron chi connectivity index (χ0n) is 13.0. The van der Waals surface area contributed by atoms with E-state index < -0.39 is 0 Å². The number of hydrogen-bond donors (Lipinski definition) is 1. The molecule has 0 fully saturated rings. The minimum Gasteiger partial charge on any atom is -0.496 e. The summed E-state index contributed by atoms with van der Waals surface area (Å²) >= 11 is 0. The van der Waals surface area contributed by atoms with Crippen LogP contribution in [0.5, 0.6) is 5.75 Å². The number of nitrogens with zero attached hydrogens (tertiary/aromatic N) is 1. The summed E-state index contributed by atoms with van der Waals surface area (Å²) in [4.78, 5) is 4.49. The van der Waals surface area contributed by atoms with E-state index in [9.17, 15) is 0 Å². The Kier molecular flexibility index (Phi) is 6.85. The third-order valence-electron chi connectivity index (χ3n) is 3.43. The SMILES string of the molecule is COc1c(C)cnc(CNCCCCC(C)C)c1C. The minimum atomic E-state index is 0.810. The molecule has 1 heterocycles. The lowest BCUT2D eigenvalue weighted by molar-refractivity contribution is 0.406. The Hall–Kier alpha value is -1.09. The molecule has 3 heteroatoms. The highest BCUT2D eigenvalue weighted by molar-refractivity contribution is 5.40. The van der Waals surface area contributed by atoms with Gasteiger partial charge in [-0.2, -0.15) is 0 Å². The van der Waals surface area contributed by atoms with E-state index in [0.29, 0.717) is 0 Å². The zero-order chi connectivity index (χ0) is 14.3. The van der Waals surface area contributed by atoms with Crippen molar-refractivity contribution in [2.45, 2.75) is 53.5 Å². The molecule has 1 aromatic heterocycles. The van der Waals surface area contributed by atoms with Crippen molar-refractivity contribution in [3.8, 4) is 5.75 Å². The van der Waals surface area contributed by atoms with E-state index in [1.54, 1.807) is 7.11 Å². The van der Waals surface area contributed by atoms with Crippen LogP contribution >= 0.6 is 0 Å². The number of aryl methyl sites for hydroxylation is 1. The van der Waals surface area contributed by atoms with Crippen LogP contribution in [0, 0.1) is 19.8 Å². The summed E-state index contributed by atoms with van der Waals surface area (Å²) in [6.45, 7) is 10.5. The van der Waals surface area contributed by atoms with E-state index >= 15 is 0 Å². The van der Waals surface area contributed by atoms with Gasteiger partial charge >= 0.3 is 0 Å². The van der Waals surface area contributed by atoms with Gasteiger partial charge in [0, 0.05) is 23.9 Å². The van der Waals surface area contributed by atoms with Crippen molar-refractivity contribution in [1.29, 1.82) is 0 Å². The standard InChI is InChI=1S/C16H28N2O/c1-12(2)8-6-7-9-17-11-15-14(4)16(19-5)13(3)10-18-15/h10,12,17H,6-9,11H2,1-5H3. The van der Waals surface area contributed by atoms with E-state index in [0.717, 1.165) is 41.6 Å². The van der Waals surface area contributed by atoms with Crippen molar-refractivity contribution in [3.05, 3.63) is 23.0 Å². The zero-order valence-corrected chi connectivity index (χ0v) is 13.0. The van der Waals surface area contributed by atoms with Crippen molar-refractivity contribution < 1.29 is 4.74 Å². The second kappa shape index (κ2) is 8.16. The van der Waals surface area contributed by atoms with E-state index in [2.05, 4.69) is 31.1 Å². The molecule has 0 aliphatic rings. The second-order valence-corrected chi connectivity index (χ2v) is 5.61. The quantitative estimate of drug-likeness (QED) is 0.728. The lowest BCUT2D eigenvalue weighted by atomic mass is 10.1. The second-order valence-electron chi connectivity index (χ2n) is 5.61. The van der Waals surface area contributed by atoms with Gasteiger partial charge in [0.05, 0.1) is 12.8 Å². The van der Waals surface area contributed by atoms with Gasteiger partial charge in [-0.25, -0.2) is 0 Å². The average Bonchev–Trinajstić information content (AvgIpc) is 2.36. The van der Waals surface area contributed by atoms with E-state index in [-0.39, 0.29) is 0 Å². The van der Waals surface area contributed by atoms with Crippen molar-refractivity contribution in [2.75, 3.05) is 13.7 Å². The third-order valence-corrected chi connectivity index (χ3v) is 3.43. The average molecular weight is 264 g/mol. The molecule has 0 saturated carbocycles. The largest absolute Gasteiger partial charge is 0.496 e. The number of methoxy groups -OCH3 is 1. The van der Waals surface area contributed by atoms with Crippen molar-refractivity contribution in [2.24, 2.45) is 5.92 Å². The maximum absolute atomic E-state index is 5.42. The first kappa shape index (κ1) is 16.0. The lowest BCUT2D eigenvalue weighted by Crippen LogP contribution is -2.17. The molecule has 0 aromatic carbocycles. The molecule has 108 valence electrons. The number of hydrogen-bond acceptors (Lipinski definition) is 3. The summed E-state index contributed by atoms with van der Waals surface area (Å²) in [5.41, 5.74) is 3.34. The molecule has 0 bridgehead atoms. The number of ether oxygens (including phenoxy) is 1. The Balaban J connectivity index is 2.38. The summed E-state index contributed by atoms with van der Waals surface area (Å²) in [6, 6.07) is 0. The van der Waals surface area contributed by atoms with Gasteiger partial charge in [-0.3, -0.25) is 4.98 Å². The monoisotopic (exact) mass is 264 g/mol. The maximum atomic E-state index is 5.42. The smallest absolute Gasteiger partial charge is 0.128 e. The van der Waals surface area contributed by atoms with Crippen LogP contribution in [-0.4, -0.2) is 18.6 Å². The third kappa shape index (κ3) is 5.19. The summed E-state index contributed by atoms with van der Waals surface area (Å²) in [7, 11) is 1.72. The normalized spacial score (nSPS) is 11.1. The number of pyridine rings is 1. The van der Waals surface area contributed by atoms with E-state index in [4.69, 9.17) is 4.74 Å². The fraction of sp³-hybridized carbons (Fsp3) is 0.688. The highest BCUT2D eigenvalue weighted by Gasteiger charge is 2.08. The summed E-state index contributed by atoms with van der Waals surface area (Å²) in [6.07, 6.45) is 5.74. The number of aromatic nitrogens is 1. The summed E-state index contributed by atoms with van der Waals surface area (Å²) in [5, 5.41) is 3.47. The van der Waals surface area contributed by atoms with E-state index in [1.165, 1.54) is 19.3 Å². The van der Waals surface area contributed by atoms with Gasteiger partial charge in [0.1, 0.15) is 5.75 Å². The van der Waals surface area contributed by atoms with Crippen LogP contribution in [0.25, 0.3) is 0 Å². The van der Waals surface area contributed by atoms with Crippen LogP contribution in [0.4, 0.5) is 0 Å². The topological polar surface area (TPSA) is 34.1 Å². The Labute approximate surface area is 117 Å². The molecular weight excluding hydrogens is 236 g/mol. The van der Waals surface area contributed by atoms with Gasteiger partial charge in [-0.15, -0.1) is 0 Å². The molecule has 1 rings (SSSR count). The van der Waals surface area contributed by atoms with Crippen LogP contribution in [-0.2, 0) is 6.54 Å². The predicted octanol–water partition coefficient (Wildman–Crippen LogP) is 3.62. The van der Waals surface area contributed by atoms with Crippen LogP contribution in [0.2, 0.25) is 0 Å². The van der Waals surface area contributed by atoms with Crippen molar-refractivity contribution in [1.82, 2.24) is 10.3 Å². The minimum absolute atomic E-state index is 0.810. The van der Waals surface area contributed by atoms with Gasteiger partial charge in [0.15, 0.2) is 0 Å². The molecule has 1 N–H and O–H groups in total. The lowest BCUT2D eigenvalue weighted by Gasteiger charge is -2.13. The number of rotatable bonds is 8. The van der Waals surface area contributed by atoms with Gasteiger partial charge in [0.2, 0.25) is 0 Å². The first-order chi connectivity index (χ1) is 9.06. The van der Waals surface area contributed by atoms with Gasteiger partial charge < -0.3 is 10.1 Å². The molecule has 0 unspecified atom stereocenters. The van der Waals surface area contributed by atoms with Crippen LogP contribution in [0.1, 0.15) is 49.9 Å². The molecule has 3 nitrogen and oxygen atoms in total. The van der Waals surface area contributed by atoms with Crippen LogP contribution in [0.3, 0.4) is 0 Å². The van der Waals surface area contributed by atoms with Crippen molar-refractivity contribution >= 4 is 0 Å².